The zero-order valence-electron chi connectivity index (χ0n) is 10.1. The smallest absolute Gasteiger partial charge is 0.296 e. The standard InChI is InChI=1S/C12H11Cl2N3O2/c1-2-7-5-17(12(19)16-11(7)18)6-8-4-15-10(14)3-9(8)13/h3-5H,2,6H2,1H3,(H,16,18,19). The van der Waals surface area contributed by atoms with Crippen LogP contribution in [0.2, 0.25) is 10.2 Å². The summed E-state index contributed by atoms with van der Waals surface area (Å²) in [5, 5.41) is 0.716. The molecule has 19 heavy (non-hydrogen) atoms. The van der Waals surface area contributed by atoms with Gasteiger partial charge in [0.15, 0.2) is 0 Å². The van der Waals surface area contributed by atoms with Gasteiger partial charge in [0.2, 0.25) is 0 Å². The molecule has 5 nitrogen and oxygen atoms in total. The lowest BCUT2D eigenvalue weighted by molar-refractivity contribution is 0.706. The van der Waals surface area contributed by atoms with Crippen molar-refractivity contribution in [3.05, 3.63) is 60.6 Å². The van der Waals surface area contributed by atoms with Crippen molar-refractivity contribution < 1.29 is 0 Å². The third kappa shape index (κ3) is 3.05. The van der Waals surface area contributed by atoms with Gasteiger partial charge in [0.1, 0.15) is 5.15 Å². The molecule has 0 bridgehead atoms. The number of rotatable bonds is 3. The maximum atomic E-state index is 11.7. The van der Waals surface area contributed by atoms with Crippen molar-refractivity contribution in [2.75, 3.05) is 0 Å². The lowest BCUT2D eigenvalue weighted by Gasteiger charge is -2.08. The maximum Gasteiger partial charge on any atom is 0.328 e. The van der Waals surface area contributed by atoms with Crippen LogP contribution < -0.4 is 11.2 Å². The van der Waals surface area contributed by atoms with E-state index in [1.807, 2.05) is 6.92 Å². The molecule has 100 valence electrons. The average molecular weight is 300 g/mol. The maximum absolute atomic E-state index is 11.7. The minimum Gasteiger partial charge on any atom is -0.296 e. The number of halogens is 2. The zero-order valence-corrected chi connectivity index (χ0v) is 11.6. The zero-order chi connectivity index (χ0) is 14.0. The molecule has 0 saturated heterocycles. The largest absolute Gasteiger partial charge is 0.328 e. The number of H-pyrrole nitrogens is 1. The van der Waals surface area contributed by atoms with Crippen LogP contribution in [0.15, 0.2) is 28.0 Å². The van der Waals surface area contributed by atoms with Crippen LogP contribution in [0.3, 0.4) is 0 Å². The number of hydrogen-bond donors (Lipinski definition) is 1. The molecule has 2 heterocycles. The highest BCUT2D eigenvalue weighted by Crippen LogP contribution is 2.18. The predicted molar refractivity (Wildman–Crippen MR) is 74.1 cm³/mol. The normalized spacial score (nSPS) is 10.7. The number of aryl methyl sites for hydroxylation is 1. The molecule has 1 N–H and O–H groups in total. The Labute approximate surface area is 118 Å². The van der Waals surface area contributed by atoms with Gasteiger partial charge in [-0.1, -0.05) is 30.1 Å². The number of nitrogens with one attached hydrogen (secondary N) is 1. The van der Waals surface area contributed by atoms with Gasteiger partial charge in [0, 0.05) is 23.5 Å². The van der Waals surface area contributed by atoms with Crippen molar-refractivity contribution in [3.8, 4) is 0 Å². The molecule has 7 heteroatoms. The lowest BCUT2D eigenvalue weighted by Crippen LogP contribution is -2.31. The van der Waals surface area contributed by atoms with E-state index in [0.29, 0.717) is 22.6 Å². The van der Waals surface area contributed by atoms with Crippen LogP contribution in [0.5, 0.6) is 0 Å². The molecule has 0 radical (unpaired) electrons. The minimum atomic E-state index is -0.479. The van der Waals surface area contributed by atoms with Crippen LogP contribution >= 0.6 is 23.2 Å². The van der Waals surface area contributed by atoms with Crippen LogP contribution in [-0.4, -0.2) is 14.5 Å². The molecular weight excluding hydrogens is 289 g/mol. The fraction of sp³-hybridized carbons (Fsp3) is 0.250. The van der Waals surface area contributed by atoms with Crippen LogP contribution in [0.4, 0.5) is 0 Å². The van der Waals surface area contributed by atoms with E-state index in [2.05, 4.69) is 9.97 Å². The van der Waals surface area contributed by atoms with Gasteiger partial charge >= 0.3 is 5.69 Å². The third-order valence-electron chi connectivity index (χ3n) is 2.70. The summed E-state index contributed by atoms with van der Waals surface area (Å²) in [7, 11) is 0. The first-order valence-electron chi connectivity index (χ1n) is 5.63. The van der Waals surface area contributed by atoms with Gasteiger partial charge in [0.25, 0.3) is 5.56 Å². The summed E-state index contributed by atoms with van der Waals surface area (Å²) < 4.78 is 1.39. The van der Waals surface area contributed by atoms with E-state index < -0.39 is 5.69 Å². The van der Waals surface area contributed by atoms with Gasteiger partial charge < -0.3 is 0 Å². The molecule has 0 fully saturated rings. The van der Waals surface area contributed by atoms with Gasteiger partial charge in [0.05, 0.1) is 11.6 Å². The Morgan fingerprint density at radius 3 is 2.68 bits per heavy atom. The first-order chi connectivity index (χ1) is 9.01. The van der Waals surface area contributed by atoms with Crippen molar-refractivity contribution in [3.63, 3.8) is 0 Å². The fourth-order valence-electron chi connectivity index (χ4n) is 1.66. The van der Waals surface area contributed by atoms with E-state index in [0.717, 1.165) is 0 Å². The summed E-state index contributed by atoms with van der Waals surface area (Å²) in [5.41, 5.74) is 0.359. The fourth-order valence-corrected chi connectivity index (χ4v) is 2.09. The van der Waals surface area contributed by atoms with Gasteiger partial charge in [-0.25, -0.2) is 9.78 Å². The summed E-state index contributed by atoms with van der Waals surface area (Å²) in [6, 6.07) is 1.51. The van der Waals surface area contributed by atoms with Gasteiger partial charge in [-0.15, -0.1) is 0 Å². The highest BCUT2D eigenvalue weighted by atomic mass is 35.5. The van der Waals surface area contributed by atoms with E-state index >= 15 is 0 Å². The molecule has 0 saturated carbocycles. The summed E-state index contributed by atoms with van der Waals surface area (Å²) in [4.78, 5) is 29.4. The molecular formula is C12H11Cl2N3O2. The van der Waals surface area contributed by atoms with E-state index in [9.17, 15) is 9.59 Å². The summed E-state index contributed by atoms with van der Waals surface area (Å²) >= 11 is 11.7. The Kier molecular flexibility index (Phi) is 4.07. The SMILES string of the molecule is CCc1cn(Cc2cnc(Cl)cc2Cl)c(=O)[nH]c1=O. The average Bonchev–Trinajstić information content (AvgIpc) is 2.35. The minimum absolute atomic E-state index is 0.228. The Morgan fingerprint density at radius 1 is 1.32 bits per heavy atom. The van der Waals surface area contributed by atoms with Gasteiger partial charge in [-0.2, -0.15) is 0 Å². The first-order valence-corrected chi connectivity index (χ1v) is 6.39. The number of aromatic nitrogens is 3. The molecule has 0 atom stereocenters. The van der Waals surface area contributed by atoms with E-state index in [4.69, 9.17) is 23.2 Å². The Morgan fingerprint density at radius 2 is 2.05 bits per heavy atom. The molecule has 2 aromatic rings. The van der Waals surface area contributed by atoms with Gasteiger partial charge in [-0.3, -0.25) is 14.3 Å². The molecule has 0 unspecified atom stereocenters. The van der Waals surface area contributed by atoms with Crippen LogP contribution in [0.1, 0.15) is 18.1 Å². The van der Waals surface area contributed by atoms with Crippen molar-refractivity contribution in [2.24, 2.45) is 0 Å². The molecule has 0 aliphatic carbocycles. The Hall–Kier alpha value is -1.59. The van der Waals surface area contributed by atoms with Crippen molar-refractivity contribution >= 4 is 23.2 Å². The second-order valence-corrected chi connectivity index (χ2v) is 4.79. The van der Waals surface area contributed by atoms with E-state index in [-0.39, 0.29) is 17.3 Å². The number of pyridine rings is 1. The van der Waals surface area contributed by atoms with E-state index in [1.54, 1.807) is 0 Å². The molecule has 0 spiro atoms. The molecule has 2 aromatic heterocycles. The first kappa shape index (κ1) is 13.8. The highest BCUT2D eigenvalue weighted by molar-refractivity contribution is 6.34. The molecule has 0 aromatic carbocycles. The molecule has 0 aliphatic heterocycles. The highest BCUT2D eigenvalue weighted by Gasteiger charge is 2.07. The Balaban J connectivity index is 2.43. The predicted octanol–water partition coefficient (Wildman–Crippen LogP) is 1.85. The summed E-state index contributed by atoms with van der Waals surface area (Å²) in [6.07, 6.45) is 3.59. The number of aromatic amines is 1. The van der Waals surface area contributed by atoms with Crippen molar-refractivity contribution in [1.82, 2.24) is 14.5 Å². The molecule has 0 amide bonds. The van der Waals surface area contributed by atoms with Crippen LogP contribution in [0, 0.1) is 0 Å². The van der Waals surface area contributed by atoms with Gasteiger partial charge in [-0.05, 0) is 12.5 Å². The molecule has 0 aliphatic rings. The van der Waals surface area contributed by atoms with Crippen LogP contribution in [0.25, 0.3) is 0 Å². The molecule has 2 rings (SSSR count). The summed E-state index contributed by atoms with van der Waals surface area (Å²) in [6.45, 7) is 2.07. The second-order valence-electron chi connectivity index (χ2n) is 3.99. The monoisotopic (exact) mass is 299 g/mol. The second kappa shape index (κ2) is 5.59. The number of hydrogen-bond acceptors (Lipinski definition) is 3. The number of nitrogens with zero attached hydrogens (tertiary/aromatic N) is 2. The van der Waals surface area contributed by atoms with E-state index in [1.165, 1.54) is 23.0 Å². The lowest BCUT2D eigenvalue weighted by atomic mass is 10.2. The Bertz CT molecular complexity index is 722. The quantitative estimate of drug-likeness (QED) is 0.880. The van der Waals surface area contributed by atoms with Crippen molar-refractivity contribution in [1.29, 1.82) is 0 Å². The van der Waals surface area contributed by atoms with Crippen molar-refractivity contribution in [2.45, 2.75) is 19.9 Å². The summed E-state index contributed by atoms with van der Waals surface area (Å²) in [5.74, 6) is 0. The topological polar surface area (TPSA) is 67.8 Å². The third-order valence-corrected chi connectivity index (χ3v) is 3.26. The van der Waals surface area contributed by atoms with Crippen LogP contribution in [-0.2, 0) is 13.0 Å².